The number of carbonyl (C=O) groups is 1. The monoisotopic (exact) mass is 277 g/mol. The SMILES string of the molecule is CC1C/C(=C/c2cc3c(cc2[N+](=O)[O-])OCO3)C(=O)O1. The number of cyclic esters (lactones) is 1. The Morgan fingerprint density at radius 2 is 2.05 bits per heavy atom. The number of hydrogen-bond acceptors (Lipinski definition) is 6. The van der Waals surface area contributed by atoms with Crippen molar-refractivity contribution in [2.75, 3.05) is 6.79 Å². The highest BCUT2D eigenvalue weighted by molar-refractivity contribution is 5.96. The molecule has 1 fully saturated rings. The first-order valence-electron chi connectivity index (χ1n) is 6.04. The largest absolute Gasteiger partial charge is 0.459 e. The topological polar surface area (TPSA) is 87.9 Å². The summed E-state index contributed by atoms with van der Waals surface area (Å²) in [6.07, 6.45) is 1.71. The van der Waals surface area contributed by atoms with E-state index in [0.29, 0.717) is 29.1 Å². The number of rotatable bonds is 2. The summed E-state index contributed by atoms with van der Waals surface area (Å²) >= 11 is 0. The summed E-state index contributed by atoms with van der Waals surface area (Å²) in [5, 5.41) is 11.1. The number of benzene rings is 1. The van der Waals surface area contributed by atoms with Crippen LogP contribution in [-0.2, 0) is 9.53 Å². The highest BCUT2D eigenvalue weighted by Crippen LogP contribution is 2.39. The molecule has 0 spiro atoms. The molecule has 0 amide bonds. The maximum atomic E-state index is 11.6. The molecule has 7 heteroatoms. The summed E-state index contributed by atoms with van der Waals surface area (Å²) in [5.41, 5.74) is 0.592. The fraction of sp³-hybridized carbons (Fsp3) is 0.308. The molecule has 3 rings (SSSR count). The maximum absolute atomic E-state index is 11.6. The molecule has 1 atom stereocenters. The Morgan fingerprint density at radius 1 is 1.35 bits per heavy atom. The van der Waals surface area contributed by atoms with E-state index in [2.05, 4.69) is 0 Å². The van der Waals surface area contributed by atoms with E-state index >= 15 is 0 Å². The minimum absolute atomic E-state index is 0.0333. The lowest BCUT2D eigenvalue weighted by Gasteiger charge is -2.01. The Morgan fingerprint density at radius 3 is 2.65 bits per heavy atom. The number of nitrogens with zero attached hydrogens (tertiary/aromatic N) is 1. The van der Waals surface area contributed by atoms with Crippen LogP contribution in [-0.4, -0.2) is 23.8 Å². The van der Waals surface area contributed by atoms with Gasteiger partial charge in [-0.15, -0.1) is 0 Å². The molecule has 20 heavy (non-hydrogen) atoms. The zero-order valence-electron chi connectivity index (χ0n) is 10.6. The van der Waals surface area contributed by atoms with Gasteiger partial charge in [0.2, 0.25) is 6.79 Å². The van der Waals surface area contributed by atoms with E-state index in [4.69, 9.17) is 14.2 Å². The summed E-state index contributed by atoms with van der Waals surface area (Å²) in [6, 6.07) is 2.81. The highest BCUT2D eigenvalue weighted by Gasteiger charge is 2.28. The van der Waals surface area contributed by atoms with Crippen LogP contribution >= 0.6 is 0 Å². The predicted octanol–water partition coefficient (Wildman–Crippen LogP) is 2.04. The average Bonchev–Trinajstić information content (AvgIpc) is 2.94. The van der Waals surface area contributed by atoms with Crippen molar-refractivity contribution < 1.29 is 23.9 Å². The van der Waals surface area contributed by atoms with Crippen molar-refractivity contribution in [2.45, 2.75) is 19.4 Å². The Balaban J connectivity index is 2.06. The molecule has 0 aliphatic carbocycles. The molecule has 2 aliphatic rings. The van der Waals surface area contributed by atoms with Gasteiger partial charge in [0, 0.05) is 12.0 Å². The van der Waals surface area contributed by atoms with Crippen LogP contribution in [0.1, 0.15) is 18.9 Å². The maximum Gasteiger partial charge on any atom is 0.334 e. The van der Waals surface area contributed by atoms with Gasteiger partial charge in [0.25, 0.3) is 5.69 Å². The Labute approximate surface area is 113 Å². The van der Waals surface area contributed by atoms with Crippen LogP contribution in [0.5, 0.6) is 11.5 Å². The van der Waals surface area contributed by atoms with Crippen molar-refractivity contribution in [3.05, 3.63) is 33.4 Å². The lowest BCUT2D eigenvalue weighted by Crippen LogP contribution is -1.99. The lowest BCUT2D eigenvalue weighted by molar-refractivity contribution is -0.385. The number of esters is 1. The van der Waals surface area contributed by atoms with Crippen LogP contribution < -0.4 is 9.47 Å². The molecule has 0 radical (unpaired) electrons. The van der Waals surface area contributed by atoms with Crippen molar-refractivity contribution in [3.8, 4) is 11.5 Å². The van der Waals surface area contributed by atoms with E-state index < -0.39 is 10.9 Å². The van der Waals surface area contributed by atoms with Crippen LogP contribution in [0.3, 0.4) is 0 Å². The van der Waals surface area contributed by atoms with Crippen molar-refractivity contribution in [1.82, 2.24) is 0 Å². The van der Waals surface area contributed by atoms with E-state index in [9.17, 15) is 14.9 Å². The van der Waals surface area contributed by atoms with Crippen molar-refractivity contribution >= 4 is 17.7 Å². The van der Waals surface area contributed by atoms with Gasteiger partial charge in [-0.05, 0) is 19.1 Å². The Kier molecular flexibility index (Phi) is 2.81. The van der Waals surface area contributed by atoms with Gasteiger partial charge in [-0.3, -0.25) is 10.1 Å². The van der Waals surface area contributed by atoms with E-state index in [-0.39, 0.29) is 18.6 Å². The third kappa shape index (κ3) is 2.07. The van der Waals surface area contributed by atoms with Gasteiger partial charge in [-0.1, -0.05) is 0 Å². The molecule has 7 nitrogen and oxygen atoms in total. The minimum Gasteiger partial charge on any atom is -0.459 e. The summed E-state index contributed by atoms with van der Waals surface area (Å²) in [4.78, 5) is 22.2. The first kappa shape index (κ1) is 12.5. The van der Waals surface area contributed by atoms with Crippen LogP contribution in [0, 0.1) is 10.1 Å². The first-order chi connectivity index (χ1) is 9.54. The zero-order valence-corrected chi connectivity index (χ0v) is 10.6. The summed E-state index contributed by atoms with van der Waals surface area (Å²) in [6.45, 7) is 1.80. The predicted molar refractivity (Wildman–Crippen MR) is 67.4 cm³/mol. The average molecular weight is 277 g/mol. The summed E-state index contributed by atoms with van der Waals surface area (Å²) in [5.74, 6) is 0.326. The smallest absolute Gasteiger partial charge is 0.334 e. The molecule has 1 aromatic carbocycles. The standard InChI is InChI=1S/C13H11NO6/c1-7-2-9(13(15)20-7)3-8-4-11-12(19-6-18-11)5-10(8)14(16)17/h3-5,7H,2,6H2,1H3/b9-3-. The quantitative estimate of drug-likeness (QED) is 0.356. The van der Waals surface area contributed by atoms with E-state index in [0.717, 1.165) is 0 Å². The van der Waals surface area contributed by atoms with Gasteiger partial charge < -0.3 is 14.2 Å². The molecule has 1 unspecified atom stereocenters. The second-order valence-electron chi connectivity index (χ2n) is 4.61. The Bertz CT molecular complexity index is 636. The molecule has 0 saturated carbocycles. The number of ether oxygens (including phenoxy) is 3. The molecular formula is C13H11NO6. The van der Waals surface area contributed by atoms with Crippen molar-refractivity contribution in [3.63, 3.8) is 0 Å². The van der Waals surface area contributed by atoms with Gasteiger partial charge in [0.05, 0.1) is 16.6 Å². The fourth-order valence-electron chi connectivity index (χ4n) is 2.22. The van der Waals surface area contributed by atoms with Crippen LogP contribution in [0.2, 0.25) is 0 Å². The number of nitro benzene ring substituents is 1. The molecular weight excluding hydrogens is 266 g/mol. The van der Waals surface area contributed by atoms with Gasteiger partial charge in [0.1, 0.15) is 6.10 Å². The minimum atomic E-state index is -0.516. The van der Waals surface area contributed by atoms with Crippen LogP contribution in [0.4, 0.5) is 5.69 Å². The molecule has 0 bridgehead atoms. The number of hydrogen-bond donors (Lipinski definition) is 0. The molecule has 1 saturated heterocycles. The highest BCUT2D eigenvalue weighted by atomic mass is 16.7. The van der Waals surface area contributed by atoms with Gasteiger partial charge in [0.15, 0.2) is 11.5 Å². The third-order valence-electron chi connectivity index (χ3n) is 3.13. The van der Waals surface area contributed by atoms with Gasteiger partial charge in [-0.25, -0.2) is 4.79 Å². The summed E-state index contributed by atoms with van der Waals surface area (Å²) < 4.78 is 15.3. The van der Waals surface area contributed by atoms with Crippen molar-refractivity contribution in [1.29, 1.82) is 0 Å². The second-order valence-corrected chi connectivity index (χ2v) is 4.61. The van der Waals surface area contributed by atoms with E-state index in [1.54, 1.807) is 6.92 Å². The third-order valence-corrected chi connectivity index (χ3v) is 3.13. The zero-order chi connectivity index (χ0) is 14.3. The molecule has 0 N–H and O–H groups in total. The molecule has 2 aliphatic heterocycles. The lowest BCUT2D eigenvalue weighted by atomic mass is 10.1. The normalized spacial score (nSPS) is 22.1. The van der Waals surface area contributed by atoms with Crippen molar-refractivity contribution in [2.24, 2.45) is 0 Å². The number of carbonyl (C=O) groups excluding carboxylic acids is 1. The van der Waals surface area contributed by atoms with Gasteiger partial charge in [-0.2, -0.15) is 0 Å². The molecule has 104 valence electrons. The van der Waals surface area contributed by atoms with E-state index in [1.165, 1.54) is 18.2 Å². The molecule has 0 aromatic heterocycles. The first-order valence-corrected chi connectivity index (χ1v) is 6.04. The fourth-order valence-corrected chi connectivity index (χ4v) is 2.22. The van der Waals surface area contributed by atoms with Crippen LogP contribution in [0.25, 0.3) is 6.08 Å². The number of nitro groups is 1. The van der Waals surface area contributed by atoms with E-state index in [1.807, 2.05) is 0 Å². The number of fused-ring (bicyclic) bond motifs is 1. The summed E-state index contributed by atoms with van der Waals surface area (Å²) in [7, 11) is 0. The molecule has 1 aromatic rings. The van der Waals surface area contributed by atoms with Crippen LogP contribution in [0.15, 0.2) is 17.7 Å². The second kappa shape index (κ2) is 4.52. The Hall–Kier alpha value is -2.57. The van der Waals surface area contributed by atoms with Gasteiger partial charge >= 0.3 is 5.97 Å². The molecule has 2 heterocycles.